The normalized spacial score (nSPS) is 11.2. The van der Waals surface area contributed by atoms with E-state index in [1.807, 2.05) is 0 Å². The third-order valence-electron chi connectivity index (χ3n) is 2.89. The summed E-state index contributed by atoms with van der Waals surface area (Å²) in [7, 11) is -2.34. The van der Waals surface area contributed by atoms with Crippen molar-refractivity contribution in [3.05, 3.63) is 47.4 Å². The van der Waals surface area contributed by atoms with Crippen molar-refractivity contribution in [2.75, 3.05) is 11.8 Å². The number of halogens is 1. The molecule has 0 saturated heterocycles. The number of nitrogens with one attached hydrogen (secondary N) is 1. The average molecular weight is 310 g/mol. The highest BCUT2D eigenvalue weighted by Crippen LogP contribution is 2.24. The second kappa shape index (κ2) is 5.69. The maximum atomic E-state index is 13.3. The molecule has 1 N–H and O–H groups in total. The SMILES string of the molecule is COc1ccc(NS(=O)(=O)c2c(C)cc(F)cc2C)cn1. The summed E-state index contributed by atoms with van der Waals surface area (Å²) in [5, 5.41) is 0. The van der Waals surface area contributed by atoms with Crippen molar-refractivity contribution < 1.29 is 17.5 Å². The zero-order valence-corrected chi connectivity index (χ0v) is 12.7. The van der Waals surface area contributed by atoms with E-state index in [-0.39, 0.29) is 4.90 Å². The van der Waals surface area contributed by atoms with Crippen molar-refractivity contribution >= 4 is 15.7 Å². The molecule has 0 radical (unpaired) electrons. The van der Waals surface area contributed by atoms with Crippen LogP contribution in [0.4, 0.5) is 10.1 Å². The molecule has 1 aromatic heterocycles. The third kappa shape index (κ3) is 3.30. The van der Waals surface area contributed by atoms with Crippen LogP contribution in [0.5, 0.6) is 5.88 Å². The van der Waals surface area contributed by atoms with E-state index in [0.29, 0.717) is 22.7 Å². The maximum Gasteiger partial charge on any atom is 0.262 e. The fourth-order valence-electron chi connectivity index (χ4n) is 2.09. The second-order valence-corrected chi connectivity index (χ2v) is 6.18. The first-order valence-electron chi connectivity index (χ1n) is 6.13. The summed E-state index contributed by atoms with van der Waals surface area (Å²) in [5.41, 5.74) is 1.00. The number of aromatic nitrogens is 1. The van der Waals surface area contributed by atoms with Crippen LogP contribution in [0.2, 0.25) is 0 Å². The van der Waals surface area contributed by atoms with Crippen LogP contribution < -0.4 is 9.46 Å². The van der Waals surface area contributed by atoms with Gasteiger partial charge in [-0.2, -0.15) is 0 Å². The van der Waals surface area contributed by atoms with Crippen LogP contribution in [0.25, 0.3) is 0 Å². The molecule has 0 fully saturated rings. The van der Waals surface area contributed by atoms with E-state index in [9.17, 15) is 12.8 Å². The summed E-state index contributed by atoms with van der Waals surface area (Å²) in [6.07, 6.45) is 1.35. The smallest absolute Gasteiger partial charge is 0.262 e. The lowest BCUT2D eigenvalue weighted by Crippen LogP contribution is -2.16. The highest BCUT2D eigenvalue weighted by atomic mass is 32.2. The third-order valence-corrected chi connectivity index (χ3v) is 4.58. The monoisotopic (exact) mass is 310 g/mol. The predicted octanol–water partition coefficient (Wildman–Crippen LogP) is 2.65. The summed E-state index contributed by atoms with van der Waals surface area (Å²) in [5.74, 6) is -0.0813. The van der Waals surface area contributed by atoms with Crippen LogP contribution in [0.15, 0.2) is 35.4 Å². The van der Waals surface area contributed by atoms with Crippen molar-refractivity contribution in [3.8, 4) is 5.88 Å². The molecule has 112 valence electrons. The maximum absolute atomic E-state index is 13.3. The molecule has 7 heteroatoms. The van der Waals surface area contributed by atoms with Gasteiger partial charge >= 0.3 is 0 Å². The van der Waals surface area contributed by atoms with Gasteiger partial charge in [0.2, 0.25) is 5.88 Å². The van der Waals surface area contributed by atoms with Crippen LogP contribution in [0.1, 0.15) is 11.1 Å². The van der Waals surface area contributed by atoms with Crippen molar-refractivity contribution in [1.29, 1.82) is 0 Å². The summed E-state index contributed by atoms with van der Waals surface area (Å²) in [6.45, 7) is 3.10. The molecule has 2 rings (SSSR count). The molecular weight excluding hydrogens is 295 g/mol. The lowest BCUT2D eigenvalue weighted by molar-refractivity contribution is 0.398. The van der Waals surface area contributed by atoms with Gasteiger partial charge in [0, 0.05) is 6.07 Å². The van der Waals surface area contributed by atoms with Gasteiger partial charge in [-0.05, 0) is 43.2 Å². The Bertz CT molecular complexity index is 735. The first-order chi connectivity index (χ1) is 9.83. The Labute approximate surface area is 122 Å². The molecule has 0 aliphatic heterocycles. The Morgan fingerprint density at radius 1 is 1.19 bits per heavy atom. The number of anilines is 1. The van der Waals surface area contributed by atoms with Crippen LogP contribution in [0.3, 0.4) is 0 Å². The van der Waals surface area contributed by atoms with Crippen molar-refractivity contribution in [3.63, 3.8) is 0 Å². The zero-order chi connectivity index (χ0) is 15.6. The van der Waals surface area contributed by atoms with Gasteiger partial charge in [-0.25, -0.2) is 17.8 Å². The average Bonchev–Trinajstić information content (AvgIpc) is 2.37. The largest absolute Gasteiger partial charge is 0.481 e. The van der Waals surface area contributed by atoms with Crippen molar-refractivity contribution in [2.24, 2.45) is 0 Å². The Morgan fingerprint density at radius 2 is 1.81 bits per heavy atom. The topological polar surface area (TPSA) is 68.3 Å². The molecule has 21 heavy (non-hydrogen) atoms. The molecular formula is C14H15FN2O3S. The van der Waals surface area contributed by atoms with Gasteiger partial charge < -0.3 is 4.74 Å². The van der Waals surface area contributed by atoms with Gasteiger partial charge in [0.15, 0.2) is 0 Å². The molecule has 0 amide bonds. The number of nitrogens with zero attached hydrogens (tertiary/aromatic N) is 1. The van der Waals surface area contributed by atoms with E-state index in [2.05, 4.69) is 9.71 Å². The summed E-state index contributed by atoms with van der Waals surface area (Å²) in [4.78, 5) is 3.99. The van der Waals surface area contributed by atoms with Crippen LogP contribution in [0, 0.1) is 19.7 Å². The van der Waals surface area contributed by atoms with Gasteiger partial charge in [0.25, 0.3) is 10.0 Å². The van der Waals surface area contributed by atoms with E-state index in [4.69, 9.17) is 4.74 Å². The Balaban J connectivity index is 2.38. The molecule has 1 heterocycles. The van der Waals surface area contributed by atoms with E-state index >= 15 is 0 Å². The molecule has 1 aromatic carbocycles. The van der Waals surface area contributed by atoms with Gasteiger partial charge in [-0.1, -0.05) is 0 Å². The minimum absolute atomic E-state index is 0.0692. The number of hydrogen-bond acceptors (Lipinski definition) is 4. The Kier molecular flexibility index (Phi) is 4.13. The van der Waals surface area contributed by atoms with Crippen LogP contribution >= 0.6 is 0 Å². The summed E-state index contributed by atoms with van der Waals surface area (Å²) >= 11 is 0. The molecule has 0 aliphatic carbocycles. The number of methoxy groups -OCH3 is 1. The minimum atomic E-state index is -3.81. The lowest BCUT2D eigenvalue weighted by atomic mass is 10.1. The molecule has 0 bridgehead atoms. The number of rotatable bonds is 4. The first kappa shape index (κ1) is 15.2. The van der Waals surface area contributed by atoms with E-state index in [1.54, 1.807) is 19.9 Å². The van der Waals surface area contributed by atoms with E-state index in [1.165, 1.54) is 31.5 Å². The fraction of sp³-hybridized carbons (Fsp3) is 0.214. The van der Waals surface area contributed by atoms with Gasteiger partial charge in [0.1, 0.15) is 5.82 Å². The highest BCUT2D eigenvalue weighted by Gasteiger charge is 2.20. The molecule has 0 saturated carbocycles. The second-order valence-electron chi connectivity index (χ2n) is 4.56. The predicted molar refractivity (Wildman–Crippen MR) is 77.5 cm³/mol. The van der Waals surface area contributed by atoms with Gasteiger partial charge in [-0.3, -0.25) is 4.72 Å². The van der Waals surface area contributed by atoms with Crippen LogP contribution in [-0.2, 0) is 10.0 Å². The number of hydrogen-bond donors (Lipinski definition) is 1. The zero-order valence-electron chi connectivity index (χ0n) is 11.8. The summed E-state index contributed by atoms with van der Waals surface area (Å²) < 4.78 is 45.4. The first-order valence-corrected chi connectivity index (χ1v) is 7.61. The molecule has 0 atom stereocenters. The molecule has 0 spiro atoms. The van der Waals surface area contributed by atoms with E-state index in [0.717, 1.165) is 0 Å². The van der Waals surface area contributed by atoms with Crippen molar-refractivity contribution in [1.82, 2.24) is 4.98 Å². The number of ether oxygens (including phenoxy) is 1. The fourth-order valence-corrected chi connectivity index (χ4v) is 3.59. The molecule has 5 nitrogen and oxygen atoms in total. The standard InChI is InChI=1S/C14H15FN2O3S/c1-9-6-11(15)7-10(2)14(9)21(18,19)17-12-4-5-13(20-3)16-8-12/h4-8,17H,1-3H3. The van der Waals surface area contributed by atoms with Gasteiger partial charge in [0.05, 0.1) is 23.9 Å². The minimum Gasteiger partial charge on any atom is -0.481 e. The number of pyridine rings is 1. The highest BCUT2D eigenvalue weighted by molar-refractivity contribution is 7.92. The van der Waals surface area contributed by atoms with Crippen LogP contribution in [-0.4, -0.2) is 20.5 Å². The Hall–Kier alpha value is -2.15. The molecule has 0 unspecified atom stereocenters. The molecule has 0 aliphatic rings. The number of aryl methyl sites for hydroxylation is 2. The van der Waals surface area contributed by atoms with Gasteiger partial charge in [-0.15, -0.1) is 0 Å². The lowest BCUT2D eigenvalue weighted by Gasteiger charge is -2.13. The van der Waals surface area contributed by atoms with E-state index < -0.39 is 15.8 Å². The number of sulfonamides is 1. The quantitative estimate of drug-likeness (QED) is 0.942. The van der Waals surface area contributed by atoms with Crippen molar-refractivity contribution in [2.45, 2.75) is 18.7 Å². The number of benzene rings is 1. The molecule has 2 aromatic rings. The summed E-state index contributed by atoms with van der Waals surface area (Å²) in [6, 6.07) is 5.46. The Morgan fingerprint density at radius 3 is 2.29 bits per heavy atom.